The van der Waals surface area contributed by atoms with Crippen molar-refractivity contribution in [3.63, 3.8) is 0 Å². The van der Waals surface area contributed by atoms with Crippen molar-refractivity contribution in [1.82, 2.24) is 15.2 Å². The predicted octanol–water partition coefficient (Wildman–Crippen LogP) is 2.47. The second-order valence-electron chi connectivity index (χ2n) is 7.59. The van der Waals surface area contributed by atoms with Crippen LogP contribution in [0, 0.1) is 0 Å². The summed E-state index contributed by atoms with van der Waals surface area (Å²) in [5.41, 5.74) is 0.961. The number of rotatable bonds is 3. The molecule has 4 rings (SSSR count). The molecule has 2 amide bonds. The average Bonchev–Trinajstić information content (AvgIpc) is 3.09. The molecule has 1 aromatic heterocycles. The van der Waals surface area contributed by atoms with E-state index in [-0.39, 0.29) is 11.8 Å². The Morgan fingerprint density at radius 1 is 1.29 bits per heavy atom. The SMILES string of the molecule is CN(C)c1ncccc1CNC(=O)N1CCC2(CC(=O)c3ccccc3O2)C1. The number of pyridine rings is 1. The molecule has 2 aliphatic heterocycles. The first-order valence-electron chi connectivity index (χ1n) is 9.43. The lowest BCUT2D eigenvalue weighted by Gasteiger charge is -2.34. The van der Waals surface area contributed by atoms with Gasteiger partial charge in [0, 0.05) is 45.4 Å². The fraction of sp³-hybridized carbons (Fsp3) is 0.381. The summed E-state index contributed by atoms with van der Waals surface area (Å²) in [4.78, 5) is 33.2. The van der Waals surface area contributed by atoms with Crippen LogP contribution in [-0.2, 0) is 6.54 Å². The molecule has 7 heteroatoms. The van der Waals surface area contributed by atoms with E-state index in [2.05, 4.69) is 10.3 Å². The van der Waals surface area contributed by atoms with E-state index in [0.717, 1.165) is 11.4 Å². The number of para-hydroxylation sites is 1. The maximum absolute atomic E-state index is 12.7. The number of amides is 2. The van der Waals surface area contributed by atoms with Crippen molar-refractivity contribution < 1.29 is 14.3 Å². The minimum Gasteiger partial charge on any atom is -0.484 e. The molecule has 0 saturated carbocycles. The molecular weight excluding hydrogens is 356 g/mol. The summed E-state index contributed by atoms with van der Waals surface area (Å²) < 4.78 is 6.19. The summed E-state index contributed by atoms with van der Waals surface area (Å²) in [6, 6.07) is 11.0. The standard InChI is InChI=1S/C21H24N4O3/c1-24(2)19-15(6-5-10-22-19)13-23-20(27)25-11-9-21(14-25)12-17(26)16-7-3-4-8-18(16)28-21/h3-8,10H,9,11-14H2,1-2H3,(H,23,27). The monoisotopic (exact) mass is 380 g/mol. The van der Waals surface area contributed by atoms with E-state index in [1.165, 1.54) is 0 Å². The highest BCUT2D eigenvalue weighted by molar-refractivity contribution is 6.00. The fourth-order valence-electron chi connectivity index (χ4n) is 3.94. The minimum atomic E-state index is -0.619. The van der Waals surface area contributed by atoms with Gasteiger partial charge in [-0.2, -0.15) is 0 Å². The van der Waals surface area contributed by atoms with E-state index in [9.17, 15) is 9.59 Å². The summed E-state index contributed by atoms with van der Waals surface area (Å²) >= 11 is 0. The molecule has 1 spiro atoms. The van der Waals surface area contributed by atoms with Crippen molar-refractivity contribution in [1.29, 1.82) is 0 Å². The Hall–Kier alpha value is -3.09. The first-order valence-corrected chi connectivity index (χ1v) is 9.43. The van der Waals surface area contributed by atoms with E-state index < -0.39 is 5.60 Å². The van der Waals surface area contributed by atoms with Gasteiger partial charge in [0.05, 0.1) is 18.5 Å². The highest BCUT2D eigenvalue weighted by Gasteiger charge is 2.46. The molecule has 2 aromatic rings. The summed E-state index contributed by atoms with van der Waals surface area (Å²) in [5.74, 6) is 1.53. The highest BCUT2D eigenvalue weighted by atomic mass is 16.5. The zero-order valence-electron chi connectivity index (χ0n) is 16.1. The molecule has 146 valence electrons. The third kappa shape index (κ3) is 3.40. The maximum Gasteiger partial charge on any atom is 0.317 e. The molecule has 28 heavy (non-hydrogen) atoms. The zero-order chi connectivity index (χ0) is 19.7. The number of anilines is 1. The van der Waals surface area contributed by atoms with E-state index in [0.29, 0.717) is 43.8 Å². The van der Waals surface area contributed by atoms with Gasteiger partial charge in [0.25, 0.3) is 0 Å². The smallest absolute Gasteiger partial charge is 0.317 e. The number of aromatic nitrogens is 1. The number of ether oxygens (including phenoxy) is 1. The van der Waals surface area contributed by atoms with Crippen LogP contribution in [0.2, 0.25) is 0 Å². The molecule has 7 nitrogen and oxygen atoms in total. The number of urea groups is 1. The molecule has 1 N–H and O–H groups in total. The molecule has 0 aliphatic carbocycles. The van der Waals surface area contributed by atoms with Gasteiger partial charge in [0.1, 0.15) is 17.2 Å². The first-order chi connectivity index (χ1) is 13.5. The number of hydrogen-bond donors (Lipinski definition) is 1. The average molecular weight is 380 g/mol. The van der Waals surface area contributed by atoms with Gasteiger partial charge in [-0.05, 0) is 18.2 Å². The van der Waals surface area contributed by atoms with Crippen molar-refractivity contribution in [2.75, 3.05) is 32.1 Å². The van der Waals surface area contributed by atoms with Crippen LogP contribution in [0.1, 0.15) is 28.8 Å². The molecule has 1 saturated heterocycles. The summed E-state index contributed by atoms with van der Waals surface area (Å²) in [7, 11) is 3.85. The van der Waals surface area contributed by atoms with Gasteiger partial charge >= 0.3 is 6.03 Å². The number of fused-ring (bicyclic) bond motifs is 1. The first kappa shape index (κ1) is 18.3. The van der Waals surface area contributed by atoms with Crippen LogP contribution in [0.4, 0.5) is 10.6 Å². The molecule has 0 radical (unpaired) electrons. The number of nitrogens with zero attached hydrogens (tertiary/aromatic N) is 3. The molecule has 1 unspecified atom stereocenters. The van der Waals surface area contributed by atoms with Gasteiger partial charge in [-0.1, -0.05) is 18.2 Å². The Balaban J connectivity index is 1.41. The normalized spacial score (nSPS) is 20.6. The molecule has 1 atom stereocenters. The Morgan fingerprint density at radius 2 is 2.11 bits per heavy atom. The number of carbonyl (C=O) groups excluding carboxylic acids is 2. The van der Waals surface area contributed by atoms with Crippen LogP contribution in [0.5, 0.6) is 5.75 Å². The van der Waals surface area contributed by atoms with Gasteiger partial charge in [0.15, 0.2) is 5.78 Å². The lowest BCUT2D eigenvalue weighted by molar-refractivity contribution is 0.0478. The van der Waals surface area contributed by atoms with E-state index in [1.54, 1.807) is 17.2 Å². The van der Waals surface area contributed by atoms with Crippen LogP contribution in [-0.4, -0.2) is 54.5 Å². The Labute approximate surface area is 164 Å². The van der Waals surface area contributed by atoms with Crippen molar-refractivity contribution in [2.45, 2.75) is 25.0 Å². The van der Waals surface area contributed by atoms with Gasteiger partial charge in [-0.25, -0.2) is 9.78 Å². The molecule has 1 fully saturated rings. The second kappa shape index (κ2) is 7.14. The minimum absolute atomic E-state index is 0.0788. The van der Waals surface area contributed by atoms with Crippen LogP contribution in [0.25, 0.3) is 0 Å². The number of benzene rings is 1. The number of nitrogens with one attached hydrogen (secondary N) is 1. The largest absolute Gasteiger partial charge is 0.484 e. The molecular formula is C21H24N4O3. The summed E-state index contributed by atoms with van der Waals surface area (Å²) in [5, 5.41) is 2.97. The van der Waals surface area contributed by atoms with Gasteiger partial charge in [-0.3, -0.25) is 4.79 Å². The number of hydrogen-bond acceptors (Lipinski definition) is 5. The summed E-state index contributed by atoms with van der Waals surface area (Å²) in [6.07, 6.45) is 2.69. The third-order valence-electron chi connectivity index (χ3n) is 5.32. The molecule has 2 aliphatic rings. The van der Waals surface area contributed by atoms with Gasteiger partial charge in [-0.15, -0.1) is 0 Å². The number of ketones is 1. The van der Waals surface area contributed by atoms with Crippen LogP contribution in [0.3, 0.4) is 0 Å². The third-order valence-corrected chi connectivity index (χ3v) is 5.32. The fourth-order valence-corrected chi connectivity index (χ4v) is 3.94. The Bertz CT molecular complexity index is 914. The summed E-state index contributed by atoms with van der Waals surface area (Å²) in [6.45, 7) is 1.37. The number of carbonyl (C=O) groups is 2. The van der Waals surface area contributed by atoms with E-state index >= 15 is 0 Å². The van der Waals surface area contributed by atoms with Gasteiger partial charge < -0.3 is 19.9 Å². The van der Waals surface area contributed by atoms with Gasteiger partial charge in [0.2, 0.25) is 0 Å². The van der Waals surface area contributed by atoms with E-state index in [4.69, 9.17) is 4.74 Å². The quantitative estimate of drug-likeness (QED) is 0.885. The Morgan fingerprint density at radius 3 is 2.93 bits per heavy atom. The van der Waals surface area contributed by atoms with Crippen LogP contribution in [0.15, 0.2) is 42.6 Å². The lowest BCUT2D eigenvalue weighted by Crippen LogP contribution is -2.47. The Kier molecular flexibility index (Phi) is 4.66. The molecule has 3 heterocycles. The molecule has 1 aromatic carbocycles. The van der Waals surface area contributed by atoms with Crippen LogP contribution < -0.4 is 15.0 Å². The number of likely N-dealkylation sites (tertiary alicyclic amines) is 1. The zero-order valence-corrected chi connectivity index (χ0v) is 16.1. The lowest BCUT2D eigenvalue weighted by atomic mass is 9.89. The second-order valence-corrected chi connectivity index (χ2v) is 7.59. The van der Waals surface area contributed by atoms with Crippen molar-refractivity contribution >= 4 is 17.6 Å². The van der Waals surface area contributed by atoms with Crippen molar-refractivity contribution in [3.05, 3.63) is 53.7 Å². The molecule has 0 bridgehead atoms. The van der Waals surface area contributed by atoms with Crippen LogP contribution >= 0.6 is 0 Å². The van der Waals surface area contributed by atoms with E-state index in [1.807, 2.05) is 49.3 Å². The van der Waals surface area contributed by atoms with Crippen molar-refractivity contribution in [2.24, 2.45) is 0 Å². The van der Waals surface area contributed by atoms with Crippen molar-refractivity contribution in [3.8, 4) is 5.75 Å². The number of Topliss-reactive ketones (excluding diaryl/α,β-unsaturated/α-hetero) is 1. The maximum atomic E-state index is 12.7. The predicted molar refractivity (Wildman–Crippen MR) is 106 cm³/mol. The topological polar surface area (TPSA) is 74.8 Å². The highest BCUT2D eigenvalue weighted by Crippen LogP contribution is 2.38.